The smallest absolute Gasteiger partial charge is 0.196 e. The fourth-order valence-corrected chi connectivity index (χ4v) is 2.96. The van der Waals surface area contributed by atoms with Gasteiger partial charge in [-0.15, -0.1) is 0 Å². The highest BCUT2D eigenvalue weighted by molar-refractivity contribution is 6.30. The van der Waals surface area contributed by atoms with Crippen LogP contribution in [0.25, 0.3) is 0 Å². The van der Waals surface area contributed by atoms with E-state index in [0.29, 0.717) is 41.0 Å². The van der Waals surface area contributed by atoms with Crippen LogP contribution in [-0.2, 0) is 0 Å². The zero-order valence-corrected chi connectivity index (χ0v) is 13.6. The molecule has 0 atom stereocenters. The standard InChI is InChI=1S/C19H20N2O3/c1-21(11-12-22)10-9-20-16-8-4-7-15-17(16)19(24)14-6-3-2-5-13(14)18(15)23/h2-8,20,22H,9-12H2,1H3. The first-order chi connectivity index (χ1) is 11.6. The molecular weight excluding hydrogens is 304 g/mol. The number of carbonyl (C=O) groups excluding carboxylic acids is 2. The van der Waals surface area contributed by atoms with Crippen LogP contribution in [0.4, 0.5) is 5.69 Å². The number of fused-ring (bicyclic) bond motifs is 2. The predicted molar refractivity (Wildman–Crippen MR) is 92.8 cm³/mol. The van der Waals surface area contributed by atoms with Gasteiger partial charge >= 0.3 is 0 Å². The van der Waals surface area contributed by atoms with Crippen LogP contribution in [0.3, 0.4) is 0 Å². The Morgan fingerprint density at radius 2 is 1.58 bits per heavy atom. The van der Waals surface area contributed by atoms with Crippen LogP contribution in [0, 0.1) is 0 Å². The number of benzene rings is 2. The third kappa shape index (κ3) is 2.96. The summed E-state index contributed by atoms with van der Waals surface area (Å²) >= 11 is 0. The zero-order chi connectivity index (χ0) is 17.1. The topological polar surface area (TPSA) is 69.6 Å². The van der Waals surface area contributed by atoms with Crippen molar-refractivity contribution in [2.75, 3.05) is 38.6 Å². The normalized spacial score (nSPS) is 13.0. The summed E-state index contributed by atoms with van der Waals surface area (Å²) in [7, 11) is 1.92. The second-order valence-electron chi connectivity index (χ2n) is 5.89. The zero-order valence-electron chi connectivity index (χ0n) is 13.6. The predicted octanol–water partition coefficient (Wildman–Crippen LogP) is 1.80. The second kappa shape index (κ2) is 6.95. The Kier molecular flexibility index (Phi) is 4.74. The van der Waals surface area contributed by atoms with Gasteiger partial charge in [0.15, 0.2) is 11.6 Å². The number of aliphatic hydroxyl groups is 1. The van der Waals surface area contributed by atoms with Gasteiger partial charge < -0.3 is 15.3 Å². The van der Waals surface area contributed by atoms with E-state index in [4.69, 9.17) is 5.11 Å². The minimum atomic E-state index is -0.119. The molecule has 0 radical (unpaired) electrons. The molecule has 5 nitrogen and oxygen atoms in total. The third-order valence-electron chi connectivity index (χ3n) is 4.24. The molecule has 2 N–H and O–H groups in total. The number of ketones is 2. The van der Waals surface area contributed by atoms with E-state index >= 15 is 0 Å². The van der Waals surface area contributed by atoms with Crippen molar-refractivity contribution in [3.8, 4) is 0 Å². The number of anilines is 1. The number of aliphatic hydroxyl groups excluding tert-OH is 1. The van der Waals surface area contributed by atoms with Gasteiger partial charge in [0.1, 0.15) is 0 Å². The number of nitrogens with zero attached hydrogens (tertiary/aromatic N) is 1. The van der Waals surface area contributed by atoms with E-state index in [1.165, 1.54) is 0 Å². The van der Waals surface area contributed by atoms with E-state index in [1.54, 1.807) is 36.4 Å². The number of likely N-dealkylation sites (N-methyl/N-ethyl adjacent to an activating group) is 1. The lowest BCUT2D eigenvalue weighted by Gasteiger charge is -2.21. The Labute approximate surface area is 140 Å². The Morgan fingerprint density at radius 3 is 2.29 bits per heavy atom. The molecule has 0 aromatic heterocycles. The SMILES string of the molecule is CN(CCO)CCNc1cccc2c1C(=O)c1ccccc1C2=O. The number of rotatable bonds is 6. The molecule has 2 aromatic carbocycles. The van der Waals surface area contributed by atoms with Crippen LogP contribution in [0.15, 0.2) is 42.5 Å². The van der Waals surface area contributed by atoms with E-state index in [9.17, 15) is 9.59 Å². The van der Waals surface area contributed by atoms with E-state index in [2.05, 4.69) is 5.32 Å². The Bertz CT molecular complexity index is 786. The average molecular weight is 324 g/mol. The monoisotopic (exact) mass is 324 g/mol. The van der Waals surface area contributed by atoms with Crippen molar-refractivity contribution < 1.29 is 14.7 Å². The van der Waals surface area contributed by atoms with E-state index in [1.807, 2.05) is 18.0 Å². The van der Waals surface area contributed by atoms with Gasteiger partial charge in [-0.1, -0.05) is 36.4 Å². The van der Waals surface area contributed by atoms with Crippen molar-refractivity contribution in [3.63, 3.8) is 0 Å². The number of hydrogen-bond acceptors (Lipinski definition) is 5. The first kappa shape index (κ1) is 16.4. The molecule has 3 rings (SSSR count). The molecule has 0 fully saturated rings. The maximum absolute atomic E-state index is 12.8. The lowest BCUT2D eigenvalue weighted by molar-refractivity contribution is 0.0979. The summed E-state index contributed by atoms with van der Waals surface area (Å²) < 4.78 is 0. The van der Waals surface area contributed by atoms with Crippen LogP contribution in [-0.4, -0.2) is 54.9 Å². The molecule has 0 saturated heterocycles. The Hall–Kier alpha value is -2.50. The largest absolute Gasteiger partial charge is 0.395 e. The summed E-state index contributed by atoms with van der Waals surface area (Å²) in [5, 5.41) is 12.2. The highest BCUT2D eigenvalue weighted by Crippen LogP contribution is 2.31. The first-order valence-electron chi connectivity index (χ1n) is 7.98. The van der Waals surface area contributed by atoms with Crippen LogP contribution < -0.4 is 5.32 Å². The Balaban J connectivity index is 1.87. The quantitative estimate of drug-likeness (QED) is 0.723. The fraction of sp³-hybridized carbons (Fsp3) is 0.263. The molecule has 1 aliphatic rings. The number of nitrogens with one attached hydrogen (secondary N) is 1. The third-order valence-corrected chi connectivity index (χ3v) is 4.24. The van der Waals surface area contributed by atoms with Gasteiger partial charge in [-0.2, -0.15) is 0 Å². The van der Waals surface area contributed by atoms with Gasteiger partial charge in [0.25, 0.3) is 0 Å². The fourth-order valence-electron chi connectivity index (χ4n) is 2.96. The van der Waals surface area contributed by atoms with Gasteiger partial charge in [0, 0.05) is 42.0 Å². The highest BCUT2D eigenvalue weighted by atomic mass is 16.3. The summed E-state index contributed by atoms with van der Waals surface area (Å²) in [6, 6.07) is 12.3. The van der Waals surface area contributed by atoms with E-state index < -0.39 is 0 Å². The van der Waals surface area contributed by atoms with Crippen LogP contribution >= 0.6 is 0 Å². The number of hydrogen-bond donors (Lipinski definition) is 2. The van der Waals surface area contributed by atoms with Crippen LogP contribution in [0.5, 0.6) is 0 Å². The van der Waals surface area contributed by atoms with Crippen LogP contribution in [0.1, 0.15) is 31.8 Å². The van der Waals surface area contributed by atoms with E-state index in [-0.39, 0.29) is 18.2 Å². The molecule has 0 bridgehead atoms. The summed E-state index contributed by atoms with van der Waals surface area (Å²) in [6.07, 6.45) is 0. The lowest BCUT2D eigenvalue weighted by atomic mass is 9.83. The van der Waals surface area contributed by atoms with Gasteiger partial charge in [-0.3, -0.25) is 9.59 Å². The molecule has 5 heteroatoms. The molecular formula is C19H20N2O3. The Morgan fingerprint density at radius 1 is 0.917 bits per heavy atom. The summed E-state index contributed by atoms with van der Waals surface area (Å²) in [6.45, 7) is 2.05. The average Bonchev–Trinajstić information content (AvgIpc) is 2.60. The summed E-state index contributed by atoms with van der Waals surface area (Å²) in [5.74, 6) is -0.228. The molecule has 1 aliphatic carbocycles. The number of carbonyl (C=O) groups is 2. The molecule has 2 aromatic rings. The minimum absolute atomic E-state index is 0.110. The molecule has 124 valence electrons. The van der Waals surface area contributed by atoms with Crippen molar-refractivity contribution in [2.24, 2.45) is 0 Å². The minimum Gasteiger partial charge on any atom is -0.395 e. The van der Waals surface area contributed by atoms with Crippen molar-refractivity contribution in [2.45, 2.75) is 0 Å². The summed E-state index contributed by atoms with van der Waals surface area (Å²) in [5.41, 5.74) is 2.51. The molecule has 0 heterocycles. The molecule has 0 amide bonds. The second-order valence-corrected chi connectivity index (χ2v) is 5.89. The molecule has 24 heavy (non-hydrogen) atoms. The van der Waals surface area contributed by atoms with Gasteiger partial charge in [-0.25, -0.2) is 0 Å². The highest BCUT2D eigenvalue weighted by Gasteiger charge is 2.31. The molecule has 0 saturated carbocycles. The summed E-state index contributed by atoms with van der Waals surface area (Å²) in [4.78, 5) is 27.5. The van der Waals surface area contributed by atoms with Crippen molar-refractivity contribution in [3.05, 3.63) is 64.7 Å². The first-order valence-corrected chi connectivity index (χ1v) is 7.98. The van der Waals surface area contributed by atoms with Crippen molar-refractivity contribution >= 4 is 17.3 Å². The van der Waals surface area contributed by atoms with E-state index in [0.717, 1.165) is 6.54 Å². The van der Waals surface area contributed by atoms with Gasteiger partial charge in [0.05, 0.1) is 12.2 Å². The molecule has 0 aliphatic heterocycles. The lowest BCUT2D eigenvalue weighted by Crippen LogP contribution is -2.28. The maximum Gasteiger partial charge on any atom is 0.196 e. The van der Waals surface area contributed by atoms with Crippen molar-refractivity contribution in [1.82, 2.24) is 4.90 Å². The molecule has 0 unspecified atom stereocenters. The van der Waals surface area contributed by atoms with Gasteiger partial charge in [0.2, 0.25) is 0 Å². The molecule has 0 spiro atoms. The van der Waals surface area contributed by atoms with Crippen LogP contribution in [0.2, 0.25) is 0 Å². The maximum atomic E-state index is 12.8. The van der Waals surface area contributed by atoms with Gasteiger partial charge in [-0.05, 0) is 13.1 Å². The van der Waals surface area contributed by atoms with Crippen molar-refractivity contribution in [1.29, 1.82) is 0 Å².